The molecular weight excluding hydrogens is 380 g/mol. The van der Waals surface area contributed by atoms with Crippen LogP contribution in [0.4, 0.5) is 5.69 Å². The number of anilines is 1. The van der Waals surface area contributed by atoms with Crippen molar-refractivity contribution in [3.05, 3.63) is 46.7 Å². The van der Waals surface area contributed by atoms with Crippen LogP contribution in [0.15, 0.2) is 40.9 Å². The molecule has 0 spiro atoms. The average Bonchev–Trinajstić information content (AvgIpc) is 3.15. The predicted molar refractivity (Wildman–Crippen MR) is 99.3 cm³/mol. The molecule has 1 aromatic carbocycles. The highest BCUT2D eigenvalue weighted by atomic mass is 35.5. The normalized spacial score (nSPS) is 16.5. The van der Waals surface area contributed by atoms with E-state index < -0.39 is 5.25 Å². The summed E-state index contributed by atoms with van der Waals surface area (Å²) in [6, 6.07) is 5.33. The molecule has 1 atom stereocenters. The first-order valence-corrected chi connectivity index (χ1v) is 9.67. The lowest BCUT2D eigenvalue weighted by atomic mass is 10.2. The van der Waals surface area contributed by atoms with E-state index in [0.29, 0.717) is 17.3 Å². The molecule has 25 heavy (non-hydrogen) atoms. The number of amides is 2. The van der Waals surface area contributed by atoms with Gasteiger partial charge < -0.3 is 10.6 Å². The Morgan fingerprint density at radius 2 is 2.32 bits per heavy atom. The number of nitrogens with zero attached hydrogens (tertiary/aromatic N) is 2. The van der Waals surface area contributed by atoms with Crippen molar-refractivity contribution in [3.63, 3.8) is 0 Å². The Morgan fingerprint density at radius 3 is 3.16 bits per heavy atom. The molecule has 3 heterocycles. The van der Waals surface area contributed by atoms with Crippen LogP contribution in [0.1, 0.15) is 12.1 Å². The third-order valence-corrected chi connectivity index (χ3v) is 6.02. The molecule has 2 amide bonds. The van der Waals surface area contributed by atoms with Gasteiger partial charge in [-0.2, -0.15) is 0 Å². The Bertz CT molecular complexity index is 940. The number of halogens is 1. The number of hydrogen-bond acceptors (Lipinski definition) is 5. The van der Waals surface area contributed by atoms with Gasteiger partial charge in [0.05, 0.1) is 23.2 Å². The van der Waals surface area contributed by atoms with Crippen LogP contribution in [-0.2, 0) is 16.1 Å². The van der Waals surface area contributed by atoms with Crippen molar-refractivity contribution in [1.82, 2.24) is 14.7 Å². The minimum absolute atomic E-state index is 0.112. The molecule has 128 valence electrons. The summed E-state index contributed by atoms with van der Waals surface area (Å²) in [5, 5.41) is 7.69. The SMILES string of the molecule is O=C(CC1Sc2ccc(Cl)cc2NC1=O)NCc1cn2ccsc2n1. The van der Waals surface area contributed by atoms with Crippen molar-refractivity contribution in [2.45, 2.75) is 23.1 Å². The third-order valence-electron chi connectivity index (χ3n) is 3.74. The van der Waals surface area contributed by atoms with E-state index in [2.05, 4.69) is 15.6 Å². The number of fused-ring (bicyclic) bond motifs is 2. The average molecular weight is 393 g/mol. The molecule has 0 aliphatic carbocycles. The fraction of sp³-hybridized carbons (Fsp3) is 0.188. The van der Waals surface area contributed by atoms with Crippen LogP contribution in [0.25, 0.3) is 4.96 Å². The second kappa shape index (κ2) is 6.70. The number of carbonyl (C=O) groups is 2. The maximum atomic E-state index is 12.2. The van der Waals surface area contributed by atoms with E-state index in [1.54, 1.807) is 12.1 Å². The van der Waals surface area contributed by atoms with Crippen molar-refractivity contribution < 1.29 is 9.59 Å². The summed E-state index contributed by atoms with van der Waals surface area (Å²) in [6.45, 7) is 0.346. The van der Waals surface area contributed by atoms with Crippen molar-refractivity contribution in [3.8, 4) is 0 Å². The van der Waals surface area contributed by atoms with Gasteiger partial charge in [0.15, 0.2) is 4.96 Å². The fourth-order valence-electron chi connectivity index (χ4n) is 2.55. The van der Waals surface area contributed by atoms with Crippen LogP contribution in [-0.4, -0.2) is 26.4 Å². The largest absolute Gasteiger partial charge is 0.350 e. The number of nitrogens with one attached hydrogen (secondary N) is 2. The van der Waals surface area contributed by atoms with E-state index in [1.165, 1.54) is 23.1 Å². The summed E-state index contributed by atoms with van der Waals surface area (Å²) in [5.41, 5.74) is 1.48. The highest BCUT2D eigenvalue weighted by Crippen LogP contribution is 2.38. The standard InChI is InChI=1S/C16H13ClN4O2S2/c17-9-1-2-12-11(5-9)20-15(23)13(25-12)6-14(22)18-7-10-8-21-3-4-24-16(21)19-10/h1-5,8,13H,6-7H2,(H,18,22)(H,20,23). The Balaban J connectivity index is 1.36. The summed E-state index contributed by atoms with van der Waals surface area (Å²) < 4.78 is 1.92. The van der Waals surface area contributed by atoms with E-state index >= 15 is 0 Å². The first-order chi connectivity index (χ1) is 12.1. The molecule has 2 aromatic heterocycles. The van der Waals surface area contributed by atoms with Crippen molar-refractivity contribution in [2.24, 2.45) is 0 Å². The van der Waals surface area contributed by atoms with Gasteiger partial charge in [-0.05, 0) is 18.2 Å². The van der Waals surface area contributed by atoms with Crippen LogP contribution in [0.2, 0.25) is 5.02 Å². The number of benzene rings is 1. The van der Waals surface area contributed by atoms with Gasteiger partial charge in [-0.25, -0.2) is 4.98 Å². The van der Waals surface area contributed by atoms with E-state index in [0.717, 1.165) is 15.6 Å². The summed E-state index contributed by atoms with van der Waals surface area (Å²) in [6.07, 6.45) is 3.92. The van der Waals surface area contributed by atoms with Crippen LogP contribution in [0, 0.1) is 0 Å². The lowest BCUT2D eigenvalue weighted by Crippen LogP contribution is -2.34. The highest BCUT2D eigenvalue weighted by molar-refractivity contribution is 8.01. The molecule has 2 N–H and O–H groups in total. The molecule has 9 heteroatoms. The molecule has 0 radical (unpaired) electrons. The smallest absolute Gasteiger partial charge is 0.238 e. The quantitative estimate of drug-likeness (QED) is 0.715. The molecule has 0 bridgehead atoms. The lowest BCUT2D eigenvalue weighted by Gasteiger charge is -2.23. The van der Waals surface area contributed by atoms with E-state index in [4.69, 9.17) is 11.6 Å². The summed E-state index contributed by atoms with van der Waals surface area (Å²) in [4.78, 5) is 30.6. The van der Waals surface area contributed by atoms with Gasteiger partial charge >= 0.3 is 0 Å². The van der Waals surface area contributed by atoms with Crippen LogP contribution >= 0.6 is 34.7 Å². The van der Waals surface area contributed by atoms with Crippen molar-refractivity contribution >= 4 is 57.2 Å². The Morgan fingerprint density at radius 1 is 1.44 bits per heavy atom. The zero-order valence-corrected chi connectivity index (χ0v) is 15.2. The second-order valence-electron chi connectivity index (χ2n) is 5.54. The summed E-state index contributed by atoms with van der Waals surface area (Å²) in [5.74, 6) is -0.362. The van der Waals surface area contributed by atoms with Gasteiger partial charge in [0, 0.05) is 34.1 Å². The minimum atomic E-state index is -0.459. The van der Waals surface area contributed by atoms with Crippen LogP contribution in [0.3, 0.4) is 0 Å². The molecule has 1 unspecified atom stereocenters. The second-order valence-corrected chi connectivity index (χ2v) is 8.10. The van der Waals surface area contributed by atoms with Crippen molar-refractivity contribution in [2.75, 3.05) is 5.32 Å². The van der Waals surface area contributed by atoms with Crippen LogP contribution < -0.4 is 10.6 Å². The lowest BCUT2D eigenvalue weighted by molar-refractivity contribution is -0.124. The molecule has 1 aliphatic rings. The highest BCUT2D eigenvalue weighted by Gasteiger charge is 2.29. The number of rotatable bonds is 4. The maximum absolute atomic E-state index is 12.2. The Labute approximate surface area is 156 Å². The fourth-order valence-corrected chi connectivity index (χ4v) is 4.53. The number of thioether (sulfide) groups is 1. The van der Waals surface area contributed by atoms with Gasteiger partial charge in [0.1, 0.15) is 0 Å². The minimum Gasteiger partial charge on any atom is -0.350 e. The Kier molecular flexibility index (Phi) is 4.41. The molecule has 0 saturated carbocycles. The van der Waals surface area contributed by atoms with E-state index in [9.17, 15) is 9.59 Å². The van der Waals surface area contributed by atoms with Crippen molar-refractivity contribution in [1.29, 1.82) is 0 Å². The number of carbonyl (C=O) groups excluding carboxylic acids is 2. The maximum Gasteiger partial charge on any atom is 0.238 e. The van der Waals surface area contributed by atoms with E-state index in [1.807, 2.05) is 28.2 Å². The number of thiazole rings is 1. The molecule has 6 nitrogen and oxygen atoms in total. The number of aromatic nitrogens is 2. The molecular formula is C16H13ClN4O2S2. The third kappa shape index (κ3) is 3.51. The molecule has 3 aromatic rings. The molecule has 0 saturated heterocycles. The molecule has 4 rings (SSSR count). The number of imidazole rings is 1. The van der Waals surface area contributed by atoms with Gasteiger partial charge in [0.25, 0.3) is 0 Å². The van der Waals surface area contributed by atoms with Gasteiger partial charge in [0.2, 0.25) is 11.8 Å². The summed E-state index contributed by atoms with van der Waals surface area (Å²) >= 11 is 8.85. The summed E-state index contributed by atoms with van der Waals surface area (Å²) in [7, 11) is 0. The zero-order chi connectivity index (χ0) is 17.4. The van der Waals surface area contributed by atoms with Gasteiger partial charge in [-0.3, -0.25) is 14.0 Å². The molecule has 1 aliphatic heterocycles. The predicted octanol–water partition coefficient (Wildman–Crippen LogP) is 3.17. The monoisotopic (exact) mass is 392 g/mol. The van der Waals surface area contributed by atoms with Gasteiger partial charge in [-0.15, -0.1) is 23.1 Å². The number of hydrogen-bond donors (Lipinski definition) is 2. The van der Waals surface area contributed by atoms with E-state index in [-0.39, 0.29) is 18.2 Å². The first kappa shape index (κ1) is 16.4. The topological polar surface area (TPSA) is 75.5 Å². The Hall–Kier alpha value is -2.03. The van der Waals surface area contributed by atoms with Gasteiger partial charge in [-0.1, -0.05) is 11.6 Å². The van der Waals surface area contributed by atoms with Crippen LogP contribution in [0.5, 0.6) is 0 Å². The zero-order valence-electron chi connectivity index (χ0n) is 12.9. The first-order valence-electron chi connectivity index (χ1n) is 7.53. The molecule has 0 fully saturated rings.